The molecule has 1 fully saturated rings. The van der Waals surface area contributed by atoms with Crippen LogP contribution in [-0.4, -0.2) is 68.6 Å². The largest absolute Gasteiger partial charge is 0.493 e. The van der Waals surface area contributed by atoms with Crippen LogP contribution < -0.4 is 14.4 Å². The molecule has 202 valence electrons. The Labute approximate surface area is 229 Å². The fourth-order valence-corrected chi connectivity index (χ4v) is 6.54. The molecule has 3 heterocycles. The molecule has 0 spiro atoms. The van der Waals surface area contributed by atoms with Gasteiger partial charge in [-0.05, 0) is 66.3 Å². The second-order valence-corrected chi connectivity index (χ2v) is 10.8. The van der Waals surface area contributed by atoms with Gasteiger partial charge in [-0.2, -0.15) is 0 Å². The number of benzene rings is 3. The van der Waals surface area contributed by atoms with E-state index in [9.17, 15) is 9.59 Å². The maximum absolute atomic E-state index is 14.5. The third kappa shape index (κ3) is 4.20. The minimum atomic E-state index is -0.522. The van der Waals surface area contributed by atoms with Crippen molar-refractivity contribution in [3.63, 3.8) is 0 Å². The van der Waals surface area contributed by atoms with Gasteiger partial charge >= 0.3 is 0 Å². The maximum Gasteiger partial charge on any atom is 0.254 e. The predicted molar refractivity (Wildman–Crippen MR) is 151 cm³/mol. The maximum atomic E-state index is 14.5. The second kappa shape index (κ2) is 9.95. The molecule has 0 aliphatic carbocycles. The van der Waals surface area contributed by atoms with Gasteiger partial charge in [-0.15, -0.1) is 0 Å². The fraction of sp³-hybridized carbons (Fsp3) is 0.375. The SMILES string of the molecule is COc1cc2c(cc1OC)C(C(=O)N1CCN(c3cc(C)ccc3C)CC1)C1c3ccccc3CCN1C2=O. The standard InChI is InChI=1S/C32H35N3O4/c1-20-9-10-21(2)26(17-20)33-13-15-34(16-14-33)32(37)29-24-18-27(38-3)28(39-4)19-25(24)31(36)35-12-11-22-7-5-6-8-23(22)30(29)35/h5-10,17-19,29-30H,11-16H2,1-4H3. The molecular weight excluding hydrogens is 490 g/mol. The lowest BCUT2D eigenvalue weighted by Gasteiger charge is -2.47. The first kappa shape index (κ1) is 25.3. The number of aryl methyl sites for hydroxylation is 2. The lowest BCUT2D eigenvalue weighted by Crippen LogP contribution is -2.54. The van der Waals surface area contributed by atoms with Gasteiger partial charge in [0.2, 0.25) is 5.91 Å². The number of hydrogen-bond donors (Lipinski definition) is 0. The second-order valence-electron chi connectivity index (χ2n) is 10.8. The van der Waals surface area contributed by atoms with Gasteiger partial charge in [0.15, 0.2) is 11.5 Å². The molecule has 3 aliphatic heterocycles. The molecule has 7 nitrogen and oxygen atoms in total. The number of amides is 2. The number of anilines is 1. The van der Waals surface area contributed by atoms with Crippen LogP contribution in [0.5, 0.6) is 11.5 Å². The summed E-state index contributed by atoms with van der Waals surface area (Å²) in [5, 5.41) is 0. The van der Waals surface area contributed by atoms with E-state index in [1.54, 1.807) is 20.3 Å². The summed E-state index contributed by atoms with van der Waals surface area (Å²) < 4.78 is 11.1. The Morgan fingerprint density at radius 1 is 0.846 bits per heavy atom. The quantitative estimate of drug-likeness (QED) is 0.502. The summed E-state index contributed by atoms with van der Waals surface area (Å²) >= 11 is 0. The highest BCUT2D eigenvalue weighted by atomic mass is 16.5. The van der Waals surface area contributed by atoms with Crippen LogP contribution in [0.15, 0.2) is 54.6 Å². The Balaban J connectivity index is 1.38. The van der Waals surface area contributed by atoms with Gasteiger partial charge < -0.3 is 24.2 Å². The van der Waals surface area contributed by atoms with Gasteiger partial charge in [-0.3, -0.25) is 9.59 Å². The molecule has 3 aromatic rings. The molecule has 0 radical (unpaired) electrons. The predicted octanol–water partition coefficient (Wildman–Crippen LogP) is 4.51. The normalized spacial score (nSPS) is 20.2. The zero-order valence-corrected chi connectivity index (χ0v) is 23.1. The Morgan fingerprint density at radius 2 is 1.56 bits per heavy atom. The van der Waals surface area contributed by atoms with Crippen LogP contribution in [0.3, 0.4) is 0 Å². The van der Waals surface area contributed by atoms with E-state index in [0.717, 1.165) is 30.6 Å². The number of rotatable bonds is 4. The average molecular weight is 526 g/mol. The van der Waals surface area contributed by atoms with Crippen LogP contribution in [0.1, 0.15) is 50.1 Å². The summed E-state index contributed by atoms with van der Waals surface area (Å²) in [5.41, 5.74) is 7.22. The van der Waals surface area contributed by atoms with Gasteiger partial charge in [0.25, 0.3) is 5.91 Å². The van der Waals surface area contributed by atoms with E-state index in [1.807, 2.05) is 28.0 Å². The van der Waals surface area contributed by atoms with Crippen molar-refractivity contribution < 1.29 is 19.1 Å². The molecular formula is C32H35N3O4. The molecule has 2 atom stereocenters. The van der Waals surface area contributed by atoms with E-state index in [2.05, 4.69) is 49.1 Å². The summed E-state index contributed by atoms with van der Waals surface area (Å²) in [6, 6.07) is 18.0. The van der Waals surface area contributed by atoms with Crippen molar-refractivity contribution in [2.75, 3.05) is 51.8 Å². The number of nitrogens with zero attached hydrogens (tertiary/aromatic N) is 3. The molecule has 39 heavy (non-hydrogen) atoms. The molecule has 2 amide bonds. The highest BCUT2D eigenvalue weighted by Crippen LogP contribution is 2.49. The smallest absolute Gasteiger partial charge is 0.254 e. The van der Waals surface area contributed by atoms with Gasteiger partial charge in [0, 0.05) is 44.0 Å². The van der Waals surface area contributed by atoms with Crippen molar-refractivity contribution in [1.29, 1.82) is 0 Å². The Kier molecular flexibility index (Phi) is 6.45. The van der Waals surface area contributed by atoms with Crippen LogP contribution in [0.4, 0.5) is 5.69 Å². The molecule has 0 aromatic heterocycles. The van der Waals surface area contributed by atoms with Gasteiger partial charge in [0.05, 0.1) is 26.2 Å². The van der Waals surface area contributed by atoms with Crippen LogP contribution in [0.2, 0.25) is 0 Å². The van der Waals surface area contributed by atoms with E-state index >= 15 is 0 Å². The summed E-state index contributed by atoms with van der Waals surface area (Å²) in [6.07, 6.45) is 0.774. The van der Waals surface area contributed by atoms with Crippen LogP contribution in [-0.2, 0) is 11.2 Å². The van der Waals surface area contributed by atoms with Crippen molar-refractivity contribution in [2.45, 2.75) is 32.2 Å². The van der Waals surface area contributed by atoms with Crippen LogP contribution in [0, 0.1) is 13.8 Å². The van der Waals surface area contributed by atoms with E-state index < -0.39 is 5.92 Å². The van der Waals surface area contributed by atoms with Gasteiger partial charge in [-0.25, -0.2) is 0 Å². The minimum Gasteiger partial charge on any atom is -0.493 e. The fourth-order valence-electron chi connectivity index (χ4n) is 6.54. The van der Waals surface area contributed by atoms with Gasteiger partial charge in [-0.1, -0.05) is 36.4 Å². The van der Waals surface area contributed by atoms with Crippen LogP contribution >= 0.6 is 0 Å². The lowest BCUT2D eigenvalue weighted by molar-refractivity contribution is -0.135. The minimum absolute atomic E-state index is 0.0586. The van der Waals surface area contributed by atoms with Crippen molar-refractivity contribution in [3.05, 3.63) is 88.0 Å². The average Bonchev–Trinajstić information content (AvgIpc) is 2.97. The summed E-state index contributed by atoms with van der Waals surface area (Å²) in [5.74, 6) is 0.497. The lowest BCUT2D eigenvalue weighted by atomic mass is 9.75. The number of ether oxygens (including phenoxy) is 2. The number of piperazine rings is 1. The highest BCUT2D eigenvalue weighted by Gasteiger charge is 2.48. The summed E-state index contributed by atoms with van der Waals surface area (Å²) in [4.78, 5) is 34.6. The Morgan fingerprint density at radius 3 is 2.31 bits per heavy atom. The molecule has 1 saturated heterocycles. The van der Waals surface area contributed by atoms with Crippen molar-refractivity contribution >= 4 is 17.5 Å². The molecule has 7 heteroatoms. The Hall–Kier alpha value is -4.00. The highest BCUT2D eigenvalue weighted by molar-refractivity contribution is 6.02. The number of hydrogen-bond acceptors (Lipinski definition) is 5. The monoisotopic (exact) mass is 525 g/mol. The first-order chi connectivity index (χ1) is 18.9. The van der Waals surface area contributed by atoms with Crippen LogP contribution in [0.25, 0.3) is 0 Å². The molecule has 0 N–H and O–H groups in total. The van der Waals surface area contributed by atoms with Crippen molar-refractivity contribution in [1.82, 2.24) is 9.80 Å². The number of carbonyl (C=O) groups is 2. The molecule has 6 rings (SSSR count). The first-order valence-corrected chi connectivity index (χ1v) is 13.7. The molecule has 0 bridgehead atoms. The van der Waals surface area contributed by atoms with Crippen molar-refractivity contribution in [2.24, 2.45) is 0 Å². The third-order valence-electron chi connectivity index (χ3n) is 8.59. The van der Waals surface area contributed by atoms with E-state index in [0.29, 0.717) is 36.7 Å². The van der Waals surface area contributed by atoms with E-state index in [-0.39, 0.29) is 17.9 Å². The topological polar surface area (TPSA) is 62.3 Å². The first-order valence-electron chi connectivity index (χ1n) is 13.7. The number of carbonyl (C=O) groups excluding carboxylic acids is 2. The Bertz CT molecular complexity index is 1440. The number of methoxy groups -OCH3 is 2. The molecule has 3 aromatic carbocycles. The summed E-state index contributed by atoms with van der Waals surface area (Å²) in [7, 11) is 3.15. The zero-order chi connectivity index (χ0) is 27.3. The van der Waals surface area contributed by atoms with Crippen molar-refractivity contribution in [3.8, 4) is 11.5 Å². The van der Waals surface area contributed by atoms with E-state index in [1.165, 1.54) is 22.4 Å². The molecule has 3 aliphatic rings. The third-order valence-corrected chi connectivity index (χ3v) is 8.59. The van der Waals surface area contributed by atoms with Gasteiger partial charge in [0.1, 0.15) is 0 Å². The molecule has 2 unspecified atom stereocenters. The number of fused-ring (bicyclic) bond motifs is 4. The van der Waals surface area contributed by atoms with E-state index in [4.69, 9.17) is 9.47 Å². The molecule has 0 saturated carbocycles. The zero-order valence-electron chi connectivity index (χ0n) is 23.1. The summed E-state index contributed by atoms with van der Waals surface area (Å²) in [6.45, 7) is 7.64.